The summed E-state index contributed by atoms with van der Waals surface area (Å²) in [6.45, 7) is 2.37. The van der Waals surface area contributed by atoms with Gasteiger partial charge in [-0.25, -0.2) is 4.39 Å². The molecule has 0 aliphatic carbocycles. The van der Waals surface area contributed by atoms with Crippen LogP contribution in [-0.2, 0) is 6.54 Å². The number of aryl methyl sites for hydroxylation is 1. The molecule has 0 radical (unpaired) electrons. The first-order valence-electron chi connectivity index (χ1n) is 7.56. The minimum Gasteiger partial charge on any atom is -0.350 e. The molecular weight excluding hydrogens is 307 g/mol. The Kier molecular flexibility index (Phi) is 4.42. The van der Waals surface area contributed by atoms with Crippen LogP contribution >= 0.6 is 0 Å². The zero-order chi connectivity index (χ0) is 17.1. The van der Waals surface area contributed by atoms with Crippen LogP contribution in [0.1, 0.15) is 21.7 Å². The first-order chi connectivity index (χ1) is 11.5. The predicted molar refractivity (Wildman–Crippen MR) is 88.9 cm³/mol. The van der Waals surface area contributed by atoms with Gasteiger partial charge in [-0.1, -0.05) is 47.1 Å². The molecule has 5 heteroatoms. The van der Waals surface area contributed by atoms with E-state index in [0.717, 1.165) is 16.7 Å². The van der Waals surface area contributed by atoms with Crippen molar-refractivity contribution in [3.8, 4) is 11.3 Å². The van der Waals surface area contributed by atoms with E-state index in [4.69, 9.17) is 4.52 Å². The Morgan fingerprint density at radius 3 is 2.46 bits per heavy atom. The van der Waals surface area contributed by atoms with E-state index >= 15 is 0 Å². The van der Waals surface area contributed by atoms with Crippen molar-refractivity contribution >= 4 is 5.91 Å². The number of aromatic nitrogens is 1. The van der Waals surface area contributed by atoms with E-state index in [1.165, 1.54) is 17.0 Å². The highest BCUT2D eigenvalue weighted by Crippen LogP contribution is 2.20. The summed E-state index contributed by atoms with van der Waals surface area (Å²) in [6, 6.07) is 15.5. The molecule has 0 aliphatic rings. The van der Waals surface area contributed by atoms with Gasteiger partial charge in [0, 0.05) is 25.2 Å². The van der Waals surface area contributed by atoms with Gasteiger partial charge in [0.2, 0.25) is 5.76 Å². The minimum absolute atomic E-state index is 0.176. The molecule has 1 heterocycles. The van der Waals surface area contributed by atoms with Crippen molar-refractivity contribution in [2.75, 3.05) is 7.05 Å². The zero-order valence-corrected chi connectivity index (χ0v) is 13.5. The summed E-state index contributed by atoms with van der Waals surface area (Å²) in [5.41, 5.74) is 3.50. The maximum Gasteiger partial charge on any atom is 0.292 e. The summed E-state index contributed by atoms with van der Waals surface area (Å²) in [5.74, 6) is -0.397. The number of halogens is 1. The standard InChI is InChI=1S/C19H17FN2O2/c1-13-3-7-15(8-4-13)17-11-18(24-21-17)19(23)22(2)12-14-5-9-16(20)10-6-14/h3-11H,12H2,1-2H3. The lowest BCUT2D eigenvalue weighted by Crippen LogP contribution is -2.25. The van der Waals surface area contributed by atoms with Crippen molar-refractivity contribution in [1.82, 2.24) is 10.1 Å². The largest absolute Gasteiger partial charge is 0.350 e. The van der Waals surface area contributed by atoms with Crippen LogP contribution in [0.25, 0.3) is 11.3 Å². The van der Waals surface area contributed by atoms with Gasteiger partial charge in [-0.3, -0.25) is 4.79 Å². The van der Waals surface area contributed by atoms with Crippen molar-refractivity contribution in [3.05, 3.63) is 77.3 Å². The number of hydrogen-bond acceptors (Lipinski definition) is 3. The normalized spacial score (nSPS) is 10.6. The summed E-state index contributed by atoms with van der Waals surface area (Å²) < 4.78 is 18.1. The molecule has 0 aliphatic heterocycles. The average molecular weight is 324 g/mol. The molecule has 1 amide bonds. The SMILES string of the molecule is Cc1ccc(-c2cc(C(=O)N(C)Cc3ccc(F)cc3)on2)cc1. The monoisotopic (exact) mass is 324 g/mol. The number of rotatable bonds is 4. The van der Waals surface area contributed by atoms with Gasteiger partial charge in [0.15, 0.2) is 0 Å². The summed E-state index contributed by atoms with van der Waals surface area (Å²) >= 11 is 0. The van der Waals surface area contributed by atoms with E-state index in [9.17, 15) is 9.18 Å². The average Bonchev–Trinajstić information content (AvgIpc) is 3.07. The highest BCUT2D eigenvalue weighted by atomic mass is 19.1. The van der Waals surface area contributed by atoms with E-state index in [1.54, 1.807) is 25.2 Å². The third kappa shape index (κ3) is 3.51. The summed E-state index contributed by atoms with van der Waals surface area (Å²) in [6.07, 6.45) is 0. The maximum absolute atomic E-state index is 12.9. The highest BCUT2D eigenvalue weighted by Gasteiger charge is 2.18. The molecule has 0 bridgehead atoms. The molecule has 0 saturated heterocycles. The van der Waals surface area contributed by atoms with E-state index < -0.39 is 0 Å². The molecular formula is C19H17FN2O2. The molecule has 24 heavy (non-hydrogen) atoms. The zero-order valence-electron chi connectivity index (χ0n) is 13.5. The van der Waals surface area contributed by atoms with Gasteiger partial charge >= 0.3 is 0 Å². The van der Waals surface area contributed by atoms with Crippen LogP contribution in [0.4, 0.5) is 4.39 Å². The first kappa shape index (κ1) is 15.9. The molecule has 4 nitrogen and oxygen atoms in total. The molecule has 122 valence electrons. The maximum atomic E-state index is 12.9. The Labute approximate surface area is 139 Å². The van der Waals surface area contributed by atoms with Crippen LogP contribution < -0.4 is 0 Å². The lowest BCUT2D eigenvalue weighted by molar-refractivity contribution is 0.0743. The Hall–Kier alpha value is -2.95. The van der Waals surface area contributed by atoms with Crippen molar-refractivity contribution in [2.45, 2.75) is 13.5 Å². The van der Waals surface area contributed by atoms with Gasteiger partial charge in [-0.2, -0.15) is 0 Å². The molecule has 3 rings (SSSR count). The smallest absolute Gasteiger partial charge is 0.292 e. The second kappa shape index (κ2) is 6.66. The molecule has 2 aromatic carbocycles. The molecule has 0 unspecified atom stereocenters. The number of nitrogens with zero attached hydrogens (tertiary/aromatic N) is 2. The molecule has 0 fully saturated rings. The molecule has 3 aromatic rings. The lowest BCUT2D eigenvalue weighted by atomic mass is 10.1. The third-order valence-corrected chi connectivity index (χ3v) is 3.75. The second-order valence-corrected chi connectivity index (χ2v) is 5.73. The van der Waals surface area contributed by atoms with Gasteiger partial charge in [0.1, 0.15) is 11.5 Å². The van der Waals surface area contributed by atoms with Crippen molar-refractivity contribution < 1.29 is 13.7 Å². The number of benzene rings is 2. The van der Waals surface area contributed by atoms with Crippen molar-refractivity contribution in [2.24, 2.45) is 0 Å². The van der Waals surface area contributed by atoms with Gasteiger partial charge < -0.3 is 9.42 Å². The number of carbonyl (C=O) groups is 1. The van der Waals surface area contributed by atoms with Gasteiger partial charge in [0.25, 0.3) is 5.91 Å². The Morgan fingerprint density at radius 1 is 1.12 bits per heavy atom. The summed E-state index contributed by atoms with van der Waals surface area (Å²) in [4.78, 5) is 13.9. The summed E-state index contributed by atoms with van der Waals surface area (Å²) in [5, 5.41) is 3.97. The van der Waals surface area contributed by atoms with E-state index in [2.05, 4.69) is 5.16 Å². The Bertz CT molecular complexity index is 839. The molecule has 0 atom stereocenters. The lowest BCUT2D eigenvalue weighted by Gasteiger charge is -2.15. The Balaban J connectivity index is 1.73. The second-order valence-electron chi connectivity index (χ2n) is 5.73. The van der Waals surface area contributed by atoms with E-state index in [1.807, 2.05) is 31.2 Å². The van der Waals surface area contributed by atoms with Gasteiger partial charge in [-0.15, -0.1) is 0 Å². The van der Waals surface area contributed by atoms with Crippen LogP contribution in [0, 0.1) is 12.7 Å². The fraction of sp³-hybridized carbons (Fsp3) is 0.158. The summed E-state index contributed by atoms with van der Waals surface area (Å²) in [7, 11) is 1.67. The van der Waals surface area contributed by atoms with E-state index in [-0.39, 0.29) is 17.5 Å². The highest BCUT2D eigenvalue weighted by molar-refractivity contribution is 5.92. The Morgan fingerprint density at radius 2 is 1.79 bits per heavy atom. The fourth-order valence-electron chi connectivity index (χ4n) is 2.36. The quantitative estimate of drug-likeness (QED) is 0.727. The molecule has 1 aromatic heterocycles. The third-order valence-electron chi connectivity index (χ3n) is 3.75. The van der Waals surface area contributed by atoms with Crippen molar-refractivity contribution in [3.63, 3.8) is 0 Å². The number of hydrogen-bond donors (Lipinski definition) is 0. The molecule has 0 saturated carbocycles. The van der Waals surface area contributed by atoms with Crippen LogP contribution in [0.2, 0.25) is 0 Å². The first-order valence-corrected chi connectivity index (χ1v) is 7.56. The van der Waals surface area contributed by atoms with Crippen LogP contribution in [0.15, 0.2) is 59.1 Å². The van der Waals surface area contributed by atoms with Gasteiger partial charge in [0.05, 0.1) is 0 Å². The predicted octanol–water partition coefficient (Wildman–Crippen LogP) is 4.06. The van der Waals surface area contributed by atoms with Crippen LogP contribution in [-0.4, -0.2) is 23.0 Å². The van der Waals surface area contributed by atoms with Crippen LogP contribution in [0.5, 0.6) is 0 Å². The number of carbonyl (C=O) groups excluding carboxylic acids is 1. The number of amides is 1. The van der Waals surface area contributed by atoms with E-state index in [0.29, 0.717) is 12.2 Å². The fourth-order valence-corrected chi connectivity index (χ4v) is 2.36. The van der Waals surface area contributed by atoms with Crippen LogP contribution in [0.3, 0.4) is 0 Å². The van der Waals surface area contributed by atoms with Crippen molar-refractivity contribution in [1.29, 1.82) is 0 Å². The topological polar surface area (TPSA) is 46.3 Å². The molecule has 0 N–H and O–H groups in total. The molecule has 0 spiro atoms. The minimum atomic E-state index is -0.300. The van der Waals surface area contributed by atoms with Gasteiger partial charge in [-0.05, 0) is 24.6 Å².